The van der Waals surface area contributed by atoms with E-state index < -0.39 is 0 Å². The molecule has 0 heterocycles. The Morgan fingerprint density at radius 2 is 2.33 bits per heavy atom. The average molecular weight is 212 g/mol. The molecule has 3 heteroatoms. The molecule has 6 heavy (non-hydrogen) atoms. The number of halogens is 1. The molecule has 0 N–H and O–H groups in total. The van der Waals surface area contributed by atoms with Crippen molar-refractivity contribution in [2.45, 2.75) is 13.3 Å². The minimum absolute atomic E-state index is 0. The topological polar surface area (TPSA) is 9.23 Å². The maximum atomic E-state index is 4.66. The third-order valence-electron chi connectivity index (χ3n) is 0.281. The molecule has 0 aromatic carbocycles. The molecule has 0 saturated carbocycles. The van der Waals surface area contributed by atoms with Crippen LogP contribution in [-0.4, -0.2) is 29.7 Å². The molecule has 0 saturated heterocycles. The van der Waals surface area contributed by atoms with Crippen LogP contribution in [0.5, 0.6) is 0 Å². The Labute approximate surface area is 71.6 Å². The van der Waals surface area contributed by atoms with Gasteiger partial charge in [-0.15, -0.1) is 0 Å². The molecule has 0 amide bonds. The third-order valence-corrected chi connectivity index (χ3v) is 0.722. The minimum Gasteiger partial charge on any atom is -1.00 e. The molecule has 0 radical (unpaired) electrons. The minimum atomic E-state index is 0. The van der Waals surface area contributed by atoms with E-state index in [1.807, 2.05) is 23.0 Å². The standard InChI is InChI=1S/C3H7IO.Mg.2H/c1-2-3-5-4;;;/h2-3H2,1H3;;;/q;+2;2*-1. The maximum Gasteiger partial charge on any atom is 2.00 e. The Morgan fingerprint density at radius 1 is 1.83 bits per heavy atom. The summed E-state index contributed by atoms with van der Waals surface area (Å²) in [5, 5.41) is 0. The van der Waals surface area contributed by atoms with E-state index in [-0.39, 0.29) is 25.9 Å². The van der Waals surface area contributed by atoms with E-state index >= 15 is 0 Å². The Kier molecular flexibility index (Phi) is 16.8. The molecular formula is C3H9IMgO. The fourth-order valence-electron chi connectivity index (χ4n) is 0.0772. The molecule has 0 atom stereocenters. The van der Waals surface area contributed by atoms with E-state index in [1.165, 1.54) is 0 Å². The summed E-state index contributed by atoms with van der Waals surface area (Å²) in [4.78, 5) is 0. The average Bonchev–Trinajstić information content (AvgIpc) is 1.41. The molecule has 0 unspecified atom stereocenters. The van der Waals surface area contributed by atoms with Crippen LogP contribution in [0.1, 0.15) is 16.2 Å². The quantitative estimate of drug-likeness (QED) is 0.499. The molecule has 0 fully saturated rings. The fourth-order valence-corrected chi connectivity index (χ4v) is 0.518. The predicted molar refractivity (Wildman–Crippen MR) is 38.2 cm³/mol. The van der Waals surface area contributed by atoms with Crippen LogP contribution in [0.25, 0.3) is 0 Å². The van der Waals surface area contributed by atoms with Gasteiger partial charge in [-0.2, -0.15) is 0 Å². The number of rotatable bonds is 2. The van der Waals surface area contributed by atoms with Crippen LogP contribution >= 0.6 is 23.0 Å². The summed E-state index contributed by atoms with van der Waals surface area (Å²) in [7, 11) is 0. The first-order valence-electron chi connectivity index (χ1n) is 1.65. The molecule has 36 valence electrons. The van der Waals surface area contributed by atoms with Gasteiger partial charge in [0.25, 0.3) is 0 Å². The van der Waals surface area contributed by atoms with E-state index in [2.05, 4.69) is 9.99 Å². The van der Waals surface area contributed by atoms with Gasteiger partial charge in [-0.3, -0.25) is 0 Å². The molecule has 1 nitrogen and oxygen atoms in total. The zero-order valence-electron chi connectivity index (χ0n) is 5.91. The van der Waals surface area contributed by atoms with Gasteiger partial charge in [-0.05, 0) is 6.42 Å². The van der Waals surface area contributed by atoms with Gasteiger partial charge in [-0.25, -0.2) is 0 Å². The Hall–Kier alpha value is 1.46. The van der Waals surface area contributed by atoms with Crippen LogP contribution in [0, 0.1) is 0 Å². The van der Waals surface area contributed by atoms with Gasteiger partial charge in [-0.1, -0.05) is 6.92 Å². The van der Waals surface area contributed by atoms with Crippen LogP contribution < -0.4 is 0 Å². The number of hydrogen-bond acceptors (Lipinski definition) is 1. The summed E-state index contributed by atoms with van der Waals surface area (Å²) in [5.74, 6) is 0. The van der Waals surface area contributed by atoms with E-state index in [9.17, 15) is 0 Å². The summed E-state index contributed by atoms with van der Waals surface area (Å²) in [6.45, 7) is 2.96. The fraction of sp³-hybridized carbons (Fsp3) is 1.00. The van der Waals surface area contributed by atoms with E-state index in [1.54, 1.807) is 0 Å². The molecule has 0 spiro atoms. The zero-order valence-corrected chi connectivity index (χ0v) is 7.48. The van der Waals surface area contributed by atoms with Crippen molar-refractivity contribution in [2.75, 3.05) is 6.61 Å². The first kappa shape index (κ1) is 10.4. The molecule has 0 aromatic heterocycles. The largest absolute Gasteiger partial charge is 2.00 e. The molecule has 0 rings (SSSR count). The summed E-state index contributed by atoms with van der Waals surface area (Å²) in [5.41, 5.74) is 0. The van der Waals surface area contributed by atoms with E-state index in [4.69, 9.17) is 0 Å². The SMILES string of the molecule is CCCOI.[H-].[H-].[Mg+2]. The molecule has 0 bridgehead atoms. The van der Waals surface area contributed by atoms with Crippen LogP contribution in [-0.2, 0) is 3.07 Å². The van der Waals surface area contributed by atoms with Crippen LogP contribution in [0.3, 0.4) is 0 Å². The first-order valence-corrected chi connectivity index (χ1v) is 2.53. The van der Waals surface area contributed by atoms with Crippen molar-refractivity contribution in [3.8, 4) is 0 Å². The van der Waals surface area contributed by atoms with Gasteiger partial charge < -0.3 is 5.92 Å². The second-order valence-electron chi connectivity index (χ2n) is 0.813. The molecule has 0 aromatic rings. The summed E-state index contributed by atoms with van der Waals surface area (Å²) in [6, 6.07) is 0. The van der Waals surface area contributed by atoms with Crippen molar-refractivity contribution >= 4 is 46.1 Å². The normalized spacial score (nSPS) is 7.00. The van der Waals surface area contributed by atoms with Gasteiger partial charge >= 0.3 is 23.1 Å². The van der Waals surface area contributed by atoms with Crippen molar-refractivity contribution in [1.29, 1.82) is 0 Å². The maximum absolute atomic E-state index is 4.66. The van der Waals surface area contributed by atoms with E-state index in [0.717, 1.165) is 13.0 Å². The molecule has 0 aliphatic carbocycles. The molecular weight excluding hydrogens is 203 g/mol. The van der Waals surface area contributed by atoms with Crippen molar-refractivity contribution in [3.05, 3.63) is 0 Å². The summed E-state index contributed by atoms with van der Waals surface area (Å²) >= 11 is 1.89. The molecule has 0 aliphatic heterocycles. The summed E-state index contributed by atoms with van der Waals surface area (Å²) < 4.78 is 4.66. The monoisotopic (exact) mass is 212 g/mol. The van der Waals surface area contributed by atoms with Gasteiger partial charge in [0, 0.05) is 0 Å². The van der Waals surface area contributed by atoms with Crippen molar-refractivity contribution in [1.82, 2.24) is 0 Å². The van der Waals surface area contributed by atoms with Gasteiger partial charge in [0.2, 0.25) is 0 Å². The van der Waals surface area contributed by atoms with Crippen LogP contribution in [0.15, 0.2) is 0 Å². The molecule has 0 aliphatic rings. The smallest absolute Gasteiger partial charge is 1.00 e. The summed E-state index contributed by atoms with van der Waals surface area (Å²) in [6.07, 6.45) is 1.11. The predicted octanol–water partition coefficient (Wildman–Crippen LogP) is 1.61. The van der Waals surface area contributed by atoms with Gasteiger partial charge in [0.15, 0.2) is 0 Å². The second-order valence-corrected chi connectivity index (χ2v) is 1.44. The van der Waals surface area contributed by atoms with Gasteiger partial charge in [0.1, 0.15) is 23.0 Å². The van der Waals surface area contributed by atoms with Crippen LogP contribution in [0.4, 0.5) is 0 Å². The van der Waals surface area contributed by atoms with E-state index in [0.29, 0.717) is 0 Å². The van der Waals surface area contributed by atoms with Crippen LogP contribution in [0.2, 0.25) is 0 Å². The van der Waals surface area contributed by atoms with Crippen molar-refractivity contribution in [3.63, 3.8) is 0 Å². The van der Waals surface area contributed by atoms with Crippen molar-refractivity contribution < 1.29 is 5.92 Å². The second kappa shape index (κ2) is 9.68. The number of hydrogen-bond donors (Lipinski definition) is 0. The first-order chi connectivity index (χ1) is 2.41. The van der Waals surface area contributed by atoms with Crippen molar-refractivity contribution in [2.24, 2.45) is 0 Å². The van der Waals surface area contributed by atoms with Gasteiger partial charge in [0.05, 0.1) is 6.61 Å². The third kappa shape index (κ3) is 9.07. The Morgan fingerprint density at radius 3 is 2.33 bits per heavy atom. The zero-order chi connectivity index (χ0) is 4.12. The Bertz CT molecular complexity index is 24.8. The Balaban J connectivity index is -0.0000000267.